The fourth-order valence-corrected chi connectivity index (χ4v) is 9.22. The second-order valence-corrected chi connectivity index (χ2v) is 15.5. The number of hydrogen-bond donors (Lipinski definition) is 0. The molecule has 0 aliphatic heterocycles. The fraction of sp³-hybridized carbons (Fsp3) is 0. The number of hydrogen-bond acceptors (Lipinski definition) is 3. The lowest BCUT2D eigenvalue weighted by Gasteiger charge is -2.19. The second-order valence-electron chi connectivity index (χ2n) is 15.5. The largest absolute Gasteiger partial charge is 0.308 e. The first-order valence-corrected chi connectivity index (χ1v) is 20.7. The van der Waals surface area contributed by atoms with E-state index in [1.165, 1.54) is 54.4 Å². The maximum atomic E-state index is 5.36. The van der Waals surface area contributed by atoms with Crippen LogP contribution in [0.3, 0.4) is 0 Å². The van der Waals surface area contributed by atoms with Crippen LogP contribution in [-0.2, 0) is 0 Å². The summed E-state index contributed by atoms with van der Waals surface area (Å²) in [6, 6.07) is 77.7. The summed E-state index contributed by atoms with van der Waals surface area (Å²) in [7, 11) is 0. The van der Waals surface area contributed by atoms with Crippen LogP contribution in [0, 0.1) is 0 Å². The third kappa shape index (κ3) is 5.80. The van der Waals surface area contributed by atoms with Gasteiger partial charge in [0.05, 0.1) is 16.7 Å². The van der Waals surface area contributed by atoms with Gasteiger partial charge < -0.3 is 4.57 Å². The summed E-state index contributed by atoms with van der Waals surface area (Å²) in [4.78, 5) is 15.8. The Balaban J connectivity index is 1.26. The molecule has 0 bridgehead atoms. The van der Waals surface area contributed by atoms with Crippen LogP contribution >= 0.6 is 0 Å². The summed E-state index contributed by atoms with van der Waals surface area (Å²) in [5.74, 6) is 1.86. The smallest absolute Gasteiger partial charge is 0.166 e. The van der Waals surface area contributed by atoms with Crippen molar-refractivity contribution in [2.24, 2.45) is 0 Å². The van der Waals surface area contributed by atoms with Gasteiger partial charge in [0.1, 0.15) is 0 Å². The minimum Gasteiger partial charge on any atom is -0.308 e. The Morgan fingerprint density at radius 1 is 0.246 bits per heavy atom. The van der Waals surface area contributed by atoms with E-state index in [1.807, 2.05) is 36.4 Å². The van der Waals surface area contributed by atoms with Gasteiger partial charge in [0, 0.05) is 27.5 Å². The molecule has 4 nitrogen and oxygen atoms in total. The Morgan fingerprint density at radius 2 is 0.623 bits per heavy atom. The first kappa shape index (κ1) is 34.8. The molecule has 12 rings (SSSR count). The number of rotatable bonds is 6. The molecule has 0 aliphatic carbocycles. The molecular weight excluding hydrogens is 741 g/mol. The van der Waals surface area contributed by atoms with Gasteiger partial charge in [-0.3, -0.25) is 0 Å². The third-order valence-corrected chi connectivity index (χ3v) is 12.0. The Labute approximate surface area is 352 Å². The van der Waals surface area contributed by atoms with Crippen LogP contribution in [0.1, 0.15) is 0 Å². The van der Waals surface area contributed by atoms with Crippen LogP contribution < -0.4 is 0 Å². The van der Waals surface area contributed by atoms with Gasteiger partial charge in [-0.25, -0.2) is 15.0 Å². The van der Waals surface area contributed by atoms with Gasteiger partial charge in [0.15, 0.2) is 17.5 Å². The zero-order valence-corrected chi connectivity index (χ0v) is 33.1. The molecule has 12 aromatic rings. The van der Waals surface area contributed by atoms with E-state index in [0.717, 1.165) is 44.4 Å². The van der Waals surface area contributed by atoms with Crippen molar-refractivity contribution in [2.45, 2.75) is 0 Å². The van der Waals surface area contributed by atoms with E-state index >= 15 is 0 Å². The molecular formula is C57H36N4. The third-order valence-electron chi connectivity index (χ3n) is 12.0. The van der Waals surface area contributed by atoms with Crippen molar-refractivity contribution in [1.29, 1.82) is 0 Å². The average molecular weight is 777 g/mol. The van der Waals surface area contributed by atoms with E-state index in [0.29, 0.717) is 17.5 Å². The monoisotopic (exact) mass is 776 g/mol. The number of aromatic nitrogens is 4. The first-order valence-electron chi connectivity index (χ1n) is 20.7. The predicted octanol–water partition coefficient (Wildman–Crippen LogP) is 14.8. The first-order chi connectivity index (χ1) is 30.3. The van der Waals surface area contributed by atoms with Crippen LogP contribution in [0.4, 0.5) is 0 Å². The molecule has 284 valence electrons. The van der Waals surface area contributed by atoms with Crippen molar-refractivity contribution in [3.63, 3.8) is 0 Å². The number of benzene rings is 10. The highest BCUT2D eigenvalue weighted by Crippen LogP contribution is 2.45. The average Bonchev–Trinajstić information content (AvgIpc) is 3.67. The maximum Gasteiger partial charge on any atom is 0.166 e. The van der Waals surface area contributed by atoms with Gasteiger partial charge in [0.25, 0.3) is 0 Å². The van der Waals surface area contributed by atoms with Crippen LogP contribution in [0.25, 0.3) is 116 Å². The Kier molecular flexibility index (Phi) is 8.13. The Bertz CT molecular complexity index is 3560. The van der Waals surface area contributed by atoms with E-state index in [4.69, 9.17) is 15.0 Å². The lowest BCUT2D eigenvalue weighted by atomic mass is 9.92. The van der Waals surface area contributed by atoms with Crippen molar-refractivity contribution in [2.75, 3.05) is 0 Å². The number of fused-ring (bicyclic) bond motifs is 9. The lowest BCUT2D eigenvalue weighted by Crippen LogP contribution is -2.04. The molecule has 2 aromatic heterocycles. The molecule has 0 radical (unpaired) electrons. The predicted molar refractivity (Wildman–Crippen MR) is 254 cm³/mol. The Hall–Kier alpha value is -8.21. The van der Waals surface area contributed by atoms with E-state index in [1.54, 1.807) is 0 Å². The van der Waals surface area contributed by atoms with E-state index in [9.17, 15) is 0 Å². The minimum atomic E-state index is 0.608. The minimum absolute atomic E-state index is 0.608. The lowest BCUT2D eigenvalue weighted by molar-refractivity contribution is 1.07. The zero-order valence-electron chi connectivity index (χ0n) is 33.1. The molecule has 2 heterocycles. The Morgan fingerprint density at radius 3 is 1.15 bits per heavy atom. The highest BCUT2D eigenvalue weighted by molar-refractivity contribution is 6.26. The second kappa shape index (κ2) is 14.3. The van der Waals surface area contributed by atoms with E-state index < -0.39 is 0 Å². The molecule has 10 aromatic carbocycles. The van der Waals surface area contributed by atoms with Gasteiger partial charge in [-0.15, -0.1) is 0 Å². The number of nitrogens with zero attached hydrogens (tertiary/aromatic N) is 4. The molecule has 0 saturated carbocycles. The van der Waals surface area contributed by atoms with Crippen LogP contribution in [-0.4, -0.2) is 19.5 Å². The normalized spacial score (nSPS) is 11.6. The van der Waals surface area contributed by atoms with Crippen molar-refractivity contribution in [1.82, 2.24) is 19.5 Å². The molecule has 0 aliphatic rings. The highest BCUT2D eigenvalue weighted by atomic mass is 15.1. The highest BCUT2D eigenvalue weighted by Gasteiger charge is 2.23. The van der Waals surface area contributed by atoms with Crippen molar-refractivity contribution >= 4 is 54.1 Å². The SMILES string of the molecule is c1ccc(-c2nc(-c3ccccc3)nc(-c3cc4c5ccccc5c5ccccc5c4cc3-n3c4ccccc4c4cc(-c5ccccc5)c(-c5ccccc5)cc43)n2)cc1. The van der Waals surface area contributed by atoms with Crippen molar-refractivity contribution < 1.29 is 0 Å². The topological polar surface area (TPSA) is 43.6 Å². The molecule has 0 unspecified atom stereocenters. The van der Waals surface area contributed by atoms with E-state index in [-0.39, 0.29) is 0 Å². The maximum absolute atomic E-state index is 5.36. The number of para-hydroxylation sites is 1. The van der Waals surface area contributed by atoms with Gasteiger partial charge >= 0.3 is 0 Å². The van der Waals surface area contributed by atoms with Crippen LogP contribution in [0.2, 0.25) is 0 Å². The molecule has 0 saturated heterocycles. The quantitative estimate of drug-likeness (QED) is 0.158. The standard InChI is InChI=1S/C57H36N4/c1-5-19-37(20-6-1)46-33-50-45-31-17-18-32-52(45)61(53(50)35-47(46)38-21-7-2-8-22-38)54-36-49-44-30-16-14-28-42(44)41-27-13-15-29-43(41)48(49)34-51(54)57-59-55(39-23-9-3-10-24-39)58-56(60-57)40-25-11-4-12-26-40/h1-36H. The van der Waals surface area contributed by atoms with E-state index in [2.05, 4.69) is 187 Å². The van der Waals surface area contributed by atoms with Gasteiger partial charge in [-0.05, 0) is 84.9 Å². The summed E-state index contributed by atoms with van der Waals surface area (Å²) in [5.41, 5.74) is 10.7. The van der Waals surface area contributed by atoms with Crippen molar-refractivity contribution in [3.8, 4) is 62.1 Å². The van der Waals surface area contributed by atoms with Gasteiger partial charge in [-0.2, -0.15) is 0 Å². The molecule has 4 heteroatoms. The molecule has 0 atom stereocenters. The summed E-state index contributed by atoms with van der Waals surface area (Å²) >= 11 is 0. The summed E-state index contributed by atoms with van der Waals surface area (Å²) in [5, 5.41) is 9.49. The fourth-order valence-electron chi connectivity index (χ4n) is 9.22. The molecule has 0 N–H and O–H groups in total. The molecule has 0 amide bonds. The zero-order chi connectivity index (χ0) is 40.3. The summed E-state index contributed by atoms with van der Waals surface area (Å²) in [6.45, 7) is 0. The van der Waals surface area contributed by atoms with Crippen molar-refractivity contribution in [3.05, 3.63) is 218 Å². The van der Waals surface area contributed by atoms with Crippen LogP contribution in [0.15, 0.2) is 218 Å². The molecule has 61 heavy (non-hydrogen) atoms. The van der Waals surface area contributed by atoms with Gasteiger partial charge in [0.2, 0.25) is 0 Å². The molecule has 0 fully saturated rings. The molecule has 0 spiro atoms. The summed E-state index contributed by atoms with van der Waals surface area (Å²) < 4.78 is 2.44. The summed E-state index contributed by atoms with van der Waals surface area (Å²) in [6.07, 6.45) is 0. The van der Waals surface area contributed by atoms with Gasteiger partial charge in [-0.1, -0.05) is 188 Å². The van der Waals surface area contributed by atoms with Crippen LogP contribution in [0.5, 0.6) is 0 Å².